The molecule has 3 rings (SSSR count). The zero-order chi connectivity index (χ0) is 21.7. The van der Waals surface area contributed by atoms with Crippen molar-refractivity contribution in [3.63, 3.8) is 0 Å². The maximum absolute atomic E-state index is 12.7. The Hall–Kier alpha value is -2.38. The molecule has 0 unspecified atom stereocenters. The first-order valence-electron chi connectivity index (χ1n) is 9.96. The van der Waals surface area contributed by atoms with Gasteiger partial charge in [0, 0.05) is 37.7 Å². The molecule has 0 spiro atoms. The van der Waals surface area contributed by atoms with Gasteiger partial charge in [-0.1, -0.05) is 37.0 Å². The van der Waals surface area contributed by atoms with E-state index >= 15 is 0 Å². The third-order valence-electron chi connectivity index (χ3n) is 4.94. The van der Waals surface area contributed by atoms with Crippen LogP contribution in [-0.2, 0) is 0 Å². The molecule has 2 heterocycles. The fourth-order valence-corrected chi connectivity index (χ4v) is 3.64. The zero-order valence-electron chi connectivity index (χ0n) is 17.1. The van der Waals surface area contributed by atoms with Gasteiger partial charge in [0.25, 0.3) is 11.8 Å². The molecule has 2 aromatic rings. The summed E-state index contributed by atoms with van der Waals surface area (Å²) in [5.74, 6) is 0.881. The van der Waals surface area contributed by atoms with Crippen LogP contribution >= 0.6 is 23.2 Å². The molecule has 30 heavy (non-hydrogen) atoms. The number of carbonyl (C=O) groups excluding carboxylic acids is 2. The summed E-state index contributed by atoms with van der Waals surface area (Å²) >= 11 is 12.1. The molecule has 160 valence electrons. The van der Waals surface area contributed by atoms with Crippen molar-refractivity contribution in [2.45, 2.75) is 20.3 Å². The number of nitrogens with one attached hydrogen (secondary N) is 1. The van der Waals surface area contributed by atoms with E-state index in [1.54, 1.807) is 35.2 Å². The lowest BCUT2D eigenvalue weighted by molar-refractivity contribution is 0.0746. The average Bonchev–Trinajstić information content (AvgIpc) is 2.73. The highest BCUT2D eigenvalue weighted by Gasteiger charge is 2.24. The Labute approximate surface area is 186 Å². The van der Waals surface area contributed by atoms with Gasteiger partial charge < -0.3 is 15.1 Å². The maximum Gasteiger partial charge on any atom is 0.271 e. The number of anilines is 1. The van der Waals surface area contributed by atoms with Gasteiger partial charge in [0.1, 0.15) is 0 Å². The summed E-state index contributed by atoms with van der Waals surface area (Å²) in [5.41, 5.74) is 0.746. The van der Waals surface area contributed by atoms with Crippen molar-refractivity contribution < 1.29 is 9.59 Å². The summed E-state index contributed by atoms with van der Waals surface area (Å²) in [7, 11) is 0. The Balaban J connectivity index is 1.54. The highest BCUT2D eigenvalue weighted by molar-refractivity contribution is 6.36. The first kappa shape index (κ1) is 22.3. The molecule has 9 heteroatoms. The van der Waals surface area contributed by atoms with Gasteiger partial charge in [0.05, 0.1) is 10.6 Å². The van der Waals surface area contributed by atoms with Crippen LogP contribution in [0.3, 0.4) is 0 Å². The summed E-state index contributed by atoms with van der Waals surface area (Å²) < 4.78 is 0. The molecule has 0 bridgehead atoms. The highest BCUT2D eigenvalue weighted by atomic mass is 35.5. The second-order valence-electron chi connectivity index (χ2n) is 7.62. The maximum atomic E-state index is 12.7. The Morgan fingerprint density at radius 1 is 1.07 bits per heavy atom. The zero-order valence-corrected chi connectivity index (χ0v) is 18.6. The van der Waals surface area contributed by atoms with E-state index in [1.165, 1.54) is 0 Å². The van der Waals surface area contributed by atoms with E-state index in [4.69, 9.17) is 23.2 Å². The van der Waals surface area contributed by atoms with Gasteiger partial charge in [-0.15, -0.1) is 10.2 Å². The van der Waals surface area contributed by atoms with Crippen LogP contribution in [0.25, 0.3) is 0 Å². The smallest absolute Gasteiger partial charge is 0.271 e. The number of piperazine rings is 1. The number of amides is 2. The van der Waals surface area contributed by atoms with Crippen LogP contribution in [0.5, 0.6) is 0 Å². The molecule has 0 aliphatic carbocycles. The number of hydrogen-bond donors (Lipinski definition) is 1. The Kier molecular flexibility index (Phi) is 7.50. The molecule has 1 aliphatic rings. The highest BCUT2D eigenvalue weighted by Crippen LogP contribution is 2.23. The monoisotopic (exact) mass is 449 g/mol. The largest absolute Gasteiger partial charge is 0.352 e. The molecular formula is C21H25Cl2N5O2. The molecule has 0 radical (unpaired) electrons. The standard InChI is InChI=1S/C21H25Cl2N5O2/c1-14(2)7-8-24-20(29)18-5-6-19(26-25-18)27-9-11-28(12-10-27)21(30)16-4-3-15(22)13-17(16)23/h3-6,13-14H,7-12H2,1-2H3,(H,24,29). The van der Waals surface area contributed by atoms with Crippen LogP contribution in [0.4, 0.5) is 5.82 Å². The number of benzene rings is 1. The molecule has 0 atom stereocenters. The third-order valence-corrected chi connectivity index (χ3v) is 5.49. The fraction of sp³-hybridized carbons (Fsp3) is 0.429. The molecule has 1 aliphatic heterocycles. The molecule has 0 saturated carbocycles. The van der Waals surface area contributed by atoms with Gasteiger partial charge in [-0.3, -0.25) is 9.59 Å². The van der Waals surface area contributed by atoms with E-state index in [0.29, 0.717) is 65.8 Å². The number of nitrogens with zero attached hydrogens (tertiary/aromatic N) is 4. The number of carbonyl (C=O) groups is 2. The van der Waals surface area contributed by atoms with E-state index in [9.17, 15) is 9.59 Å². The number of hydrogen-bond acceptors (Lipinski definition) is 5. The normalized spacial score (nSPS) is 14.2. The van der Waals surface area contributed by atoms with Crippen LogP contribution in [0.15, 0.2) is 30.3 Å². The molecule has 1 fully saturated rings. The molecule has 2 amide bonds. The second-order valence-corrected chi connectivity index (χ2v) is 8.46. The first-order valence-corrected chi connectivity index (χ1v) is 10.7. The van der Waals surface area contributed by atoms with Gasteiger partial charge in [-0.05, 0) is 42.7 Å². The predicted octanol–water partition coefficient (Wildman–Crippen LogP) is 3.52. The van der Waals surface area contributed by atoms with Crippen molar-refractivity contribution in [2.24, 2.45) is 5.92 Å². The summed E-state index contributed by atoms with van der Waals surface area (Å²) in [6.45, 7) is 7.15. The predicted molar refractivity (Wildman–Crippen MR) is 118 cm³/mol. The quantitative estimate of drug-likeness (QED) is 0.729. The SMILES string of the molecule is CC(C)CCNC(=O)c1ccc(N2CCN(C(=O)c3ccc(Cl)cc3Cl)CC2)nn1. The summed E-state index contributed by atoms with van der Waals surface area (Å²) in [6, 6.07) is 8.35. The molecule has 1 N–H and O–H groups in total. The van der Waals surface area contributed by atoms with Gasteiger partial charge in [-0.25, -0.2) is 0 Å². The van der Waals surface area contributed by atoms with Crippen molar-refractivity contribution >= 4 is 40.8 Å². The lowest BCUT2D eigenvalue weighted by atomic mass is 10.1. The summed E-state index contributed by atoms with van der Waals surface area (Å²) in [4.78, 5) is 28.7. The fourth-order valence-electron chi connectivity index (χ4n) is 3.15. The van der Waals surface area contributed by atoms with E-state index in [-0.39, 0.29) is 11.8 Å². The Bertz CT molecular complexity index is 897. The van der Waals surface area contributed by atoms with Gasteiger partial charge >= 0.3 is 0 Å². The van der Waals surface area contributed by atoms with Crippen molar-refractivity contribution in [1.82, 2.24) is 20.4 Å². The van der Waals surface area contributed by atoms with Gasteiger partial charge in [0.2, 0.25) is 0 Å². The molecule has 1 saturated heterocycles. The minimum Gasteiger partial charge on any atom is -0.352 e. The molecule has 1 aromatic heterocycles. The van der Waals surface area contributed by atoms with E-state index < -0.39 is 0 Å². The number of aromatic nitrogens is 2. The Morgan fingerprint density at radius 3 is 2.40 bits per heavy atom. The van der Waals surface area contributed by atoms with Crippen LogP contribution < -0.4 is 10.2 Å². The van der Waals surface area contributed by atoms with E-state index in [0.717, 1.165) is 6.42 Å². The average molecular weight is 450 g/mol. The minimum absolute atomic E-state index is 0.115. The van der Waals surface area contributed by atoms with Crippen LogP contribution in [0.2, 0.25) is 10.0 Å². The van der Waals surface area contributed by atoms with Crippen molar-refractivity contribution in [3.05, 3.63) is 51.6 Å². The van der Waals surface area contributed by atoms with E-state index in [2.05, 4.69) is 29.4 Å². The molecular weight excluding hydrogens is 425 g/mol. The number of halogens is 2. The summed E-state index contributed by atoms with van der Waals surface area (Å²) in [5, 5.41) is 12.0. The summed E-state index contributed by atoms with van der Waals surface area (Å²) in [6.07, 6.45) is 0.918. The van der Waals surface area contributed by atoms with Crippen molar-refractivity contribution in [3.8, 4) is 0 Å². The van der Waals surface area contributed by atoms with Crippen LogP contribution in [0, 0.1) is 5.92 Å². The first-order chi connectivity index (χ1) is 14.3. The van der Waals surface area contributed by atoms with Gasteiger partial charge in [-0.2, -0.15) is 0 Å². The van der Waals surface area contributed by atoms with Crippen LogP contribution in [0.1, 0.15) is 41.1 Å². The molecule has 1 aromatic carbocycles. The van der Waals surface area contributed by atoms with Gasteiger partial charge in [0.15, 0.2) is 11.5 Å². The molecule has 7 nitrogen and oxygen atoms in total. The minimum atomic E-state index is -0.218. The van der Waals surface area contributed by atoms with Crippen LogP contribution in [-0.4, -0.2) is 59.6 Å². The van der Waals surface area contributed by atoms with Crippen molar-refractivity contribution in [2.75, 3.05) is 37.6 Å². The topological polar surface area (TPSA) is 78.4 Å². The number of rotatable bonds is 6. The Morgan fingerprint density at radius 2 is 1.80 bits per heavy atom. The second kappa shape index (κ2) is 10.1. The third kappa shape index (κ3) is 5.61. The lowest BCUT2D eigenvalue weighted by Crippen LogP contribution is -2.49. The van der Waals surface area contributed by atoms with E-state index in [1.807, 2.05) is 4.90 Å². The van der Waals surface area contributed by atoms with Crippen molar-refractivity contribution in [1.29, 1.82) is 0 Å². The lowest BCUT2D eigenvalue weighted by Gasteiger charge is -2.35.